The van der Waals surface area contributed by atoms with Crippen molar-refractivity contribution in [3.63, 3.8) is 0 Å². The largest absolute Gasteiger partial charge is 0.483 e. The van der Waals surface area contributed by atoms with Gasteiger partial charge in [-0.3, -0.25) is 9.59 Å². The maximum atomic E-state index is 13.5. The number of ether oxygens (including phenoxy) is 1. The van der Waals surface area contributed by atoms with Crippen LogP contribution in [-0.4, -0.2) is 18.3 Å². The van der Waals surface area contributed by atoms with Gasteiger partial charge >= 0.3 is 0 Å². The lowest BCUT2D eigenvalue weighted by molar-refractivity contribution is -0.118. The van der Waals surface area contributed by atoms with Crippen molar-refractivity contribution in [3.05, 3.63) is 58.9 Å². The number of hydrogen-bond donors (Lipinski definition) is 1. The topological polar surface area (TPSA) is 55.4 Å². The first-order valence-electron chi connectivity index (χ1n) is 7.38. The minimum atomic E-state index is -0.379. The third kappa shape index (κ3) is 3.23. The van der Waals surface area contributed by atoms with Crippen LogP contribution in [0.15, 0.2) is 36.4 Å². The van der Waals surface area contributed by atoms with E-state index in [1.54, 1.807) is 37.3 Å². The molecule has 0 bridgehead atoms. The quantitative estimate of drug-likeness (QED) is 0.942. The molecule has 0 radical (unpaired) electrons. The van der Waals surface area contributed by atoms with Gasteiger partial charge in [0.15, 0.2) is 12.4 Å². The van der Waals surface area contributed by atoms with Gasteiger partial charge in [0.1, 0.15) is 11.6 Å². The number of hydrogen-bond acceptors (Lipinski definition) is 3. The SMILES string of the molecule is Cc1ccc(NC(=O)COc2cccc3c2CCC3=O)cc1F. The first-order chi connectivity index (χ1) is 11.0. The van der Waals surface area contributed by atoms with Crippen molar-refractivity contribution in [2.24, 2.45) is 0 Å². The third-order valence-electron chi connectivity index (χ3n) is 3.85. The Morgan fingerprint density at radius 1 is 1.26 bits per heavy atom. The summed E-state index contributed by atoms with van der Waals surface area (Å²) in [6.45, 7) is 1.46. The van der Waals surface area contributed by atoms with Crippen molar-refractivity contribution >= 4 is 17.4 Å². The van der Waals surface area contributed by atoms with Crippen LogP contribution in [0.4, 0.5) is 10.1 Å². The number of aryl methyl sites for hydroxylation is 1. The minimum Gasteiger partial charge on any atom is -0.483 e. The number of carbonyl (C=O) groups excluding carboxylic acids is 2. The Kier molecular flexibility index (Phi) is 4.10. The minimum absolute atomic E-state index is 0.102. The number of fused-ring (bicyclic) bond motifs is 1. The Hall–Kier alpha value is -2.69. The zero-order valence-corrected chi connectivity index (χ0v) is 12.7. The van der Waals surface area contributed by atoms with Gasteiger partial charge in [0.2, 0.25) is 0 Å². The van der Waals surface area contributed by atoms with Crippen LogP contribution >= 0.6 is 0 Å². The molecule has 3 rings (SSSR count). The van der Waals surface area contributed by atoms with E-state index in [4.69, 9.17) is 4.74 Å². The predicted molar refractivity (Wildman–Crippen MR) is 84.4 cm³/mol. The molecule has 0 fully saturated rings. The maximum absolute atomic E-state index is 13.5. The fraction of sp³-hybridized carbons (Fsp3) is 0.222. The fourth-order valence-corrected chi connectivity index (χ4v) is 2.60. The van der Waals surface area contributed by atoms with Gasteiger partial charge in [0.25, 0.3) is 5.91 Å². The Bertz CT molecular complexity index is 786. The van der Waals surface area contributed by atoms with E-state index in [1.807, 2.05) is 0 Å². The highest BCUT2D eigenvalue weighted by Gasteiger charge is 2.22. The third-order valence-corrected chi connectivity index (χ3v) is 3.85. The lowest BCUT2D eigenvalue weighted by atomic mass is 10.1. The number of Topliss-reactive ketones (excluding diaryl/α,β-unsaturated/α-hetero) is 1. The Morgan fingerprint density at radius 3 is 2.87 bits per heavy atom. The smallest absolute Gasteiger partial charge is 0.262 e. The van der Waals surface area contributed by atoms with Gasteiger partial charge in [-0.25, -0.2) is 4.39 Å². The zero-order valence-electron chi connectivity index (χ0n) is 12.7. The molecule has 0 aliphatic heterocycles. The summed E-state index contributed by atoms with van der Waals surface area (Å²) >= 11 is 0. The molecular formula is C18H16FNO3. The summed E-state index contributed by atoms with van der Waals surface area (Å²) in [5, 5.41) is 2.59. The molecule has 118 valence electrons. The molecule has 2 aromatic rings. The van der Waals surface area contributed by atoms with Gasteiger partial charge in [-0.1, -0.05) is 18.2 Å². The van der Waals surface area contributed by atoms with Crippen molar-refractivity contribution in [1.29, 1.82) is 0 Å². The Balaban J connectivity index is 1.64. The lowest BCUT2D eigenvalue weighted by Gasteiger charge is -2.11. The normalized spacial score (nSPS) is 12.9. The predicted octanol–water partition coefficient (Wildman–Crippen LogP) is 3.28. The van der Waals surface area contributed by atoms with E-state index in [-0.39, 0.29) is 24.1 Å². The first-order valence-corrected chi connectivity index (χ1v) is 7.38. The highest BCUT2D eigenvalue weighted by atomic mass is 19.1. The monoisotopic (exact) mass is 313 g/mol. The fourth-order valence-electron chi connectivity index (χ4n) is 2.60. The highest BCUT2D eigenvalue weighted by molar-refractivity contribution is 6.01. The van der Waals surface area contributed by atoms with Crippen LogP contribution in [-0.2, 0) is 11.2 Å². The molecule has 0 atom stereocenters. The number of amides is 1. The molecule has 1 aliphatic carbocycles. The zero-order chi connectivity index (χ0) is 16.4. The molecule has 0 unspecified atom stereocenters. The molecule has 1 aliphatic rings. The van der Waals surface area contributed by atoms with E-state index >= 15 is 0 Å². The number of nitrogens with one attached hydrogen (secondary N) is 1. The number of halogens is 1. The summed E-state index contributed by atoms with van der Waals surface area (Å²) < 4.78 is 19.0. The van der Waals surface area contributed by atoms with Crippen molar-refractivity contribution in [2.45, 2.75) is 19.8 Å². The van der Waals surface area contributed by atoms with Crippen LogP contribution < -0.4 is 10.1 Å². The summed E-state index contributed by atoms with van der Waals surface area (Å²) in [7, 11) is 0. The second kappa shape index (κ2) is 6.20. The first kappa shape index (κ1) is 15.2. The highest BCUT2D eigenvalue weighted by Crippen LogP contribution is 2.30. The van der Waals surface area contributed by atoms with Gasteiger partial charge in [-0.2, -0.15) is 0 Å². The van der Waals surface area contributed by atoms with E-state index in [9.17, 15) is 14.0 Å². The Morgan fingerprint density at radius 2 is 2.09 bits per heavy atom. The summed E-state index contributed by atoms with van der Waals surface area (Å²) in [5.41, 5.74) is 2.43. The van der Waals surface area contributed by atoms with Gasteiger partial charge in [-0.05, 0) is 37.1 Å². The van der Waals surface area contributed by atoms with Crippen molar-refractivity contribution in [1.82, 2.24) is 0 Å². The van der Waals surface area contributed by atoms with Crippen LogP contribution in [0.25, 0.3) is 0 Å². The molecule has 4 nitrogen and oxygen atoms in total. The second-order valence-electron chi connectivity index (χ2n) is 5.51. The van der Waals surface area contributed by atoms with Crippen LogP contribution in [0, 0.1) is 12.7 Å². The van der Waals surface area contributed by atoms with E-state index in [2.05, 4.69) is 5.32 Å². The van der Waals surface area contributed by atoms with Crippen LogP contribution in [0.3, 0.4) is 0 Å². The molecule has 23 heavy (non-hydrogen) atoms. The number of carbonyl (C=O) groups is 2. The van der Waals surface area contributed by atoms with Crippen LogP contribution in [0.2, 0.25) is 0 Å². The van der Waals surface area contributed by atoms with Gasteiger partial charge in [-0.15, -0.1) is 0 Å². The molecule has 2 aromatic carbocycles. The average Bonchev–Trinajstić information content (AvgIpc) is 2.91. The number of benzene rings is 2. The van der Waals surface area contributed by atoms with Gasteiger partial charge in [0, 0.05) is 23.2 Å². The molecule has 0 spiro atoms. The summed E-state index contributed by atoms with van der Waals surface area (Å²) in [6, 6.07) is 9.76. The van der Waals surface area contributed by atoms with Gasteiger partial charge < -0.3 is 10.1 Å². The second-order valence-corrected chi connectivity index (χ2v) is 5.51. The van der Waals surface area contributed by atoms with E-state index in [0.29, 0.717) is 35.4 Å². The van der Waals surface area contributed by atoms with Crippen molar-refractivity contribution in [2.75, 3.05) is 11.9 Å². The average molecular weight is 313 g/mol. The molecule has 5 heteroatoms. The van der Waals surface area contributed by atoms with E-state index in [0.717, 1.165) is 5.56 Å². The molecule has 0 saturated carbocycles. The molecule has 0 aromatic heterocycles. The molecule has 1 N–H and O–H groups in total. The van der Waals surface area contributed by atoms with Gasteiger partial charge in [0.05, 0.1) is 0 Å². The number of anilines is 1. The van der Waals surface area contributed by atoms with Crippen LogP contribution in [0.1, 0.15) is 27.9 Å². The van der Waals surface area contributed by atoms with Crippen LogP contribution in [0.5, 0.6) is 5.75 Å². The van der Waals surface area contributed by atoms with E-state index < -0.39 is 0 Å². The van der Waals surface area contributed by atoms with E-state index in [1.165, 1.54) is 6.07 Å². The summed E-state index contributed by atoms with van der Waals surface area (Å²) in [4.78, 5) is 23.6. The summed E-state index contributed by atoms with van der Waals surface area (Å²) in [5.74, 6) is -0.0955. The molecule has 0 heterocycles. The number of rotatable bonds is 4. The lowest BCUT2D eigenvalue weighted by Crippen LogP contribution is -2.20. The van der Waals surface area contributed by atoms with Crippen molar-refractivity contribution < 1.29 is 18.7 Å². The Labute approximate surface area is 133 Å². The molecular weight excluding hydrogens is 297 g/mol. The van der Waals surface area contributed by atoms with Crippen molar-refractivity contribution in [3.8, 4) is 5.75 Å². The maximum Gasteiger partial charge on any atom is 0.262 e. The molecule has 1 amide bonds. The standard InChI is InChI=1S/C18H16FNO3/c1-11-5-6-12(9-15(11)19)20-18(22)10-23-17-4-2-3-13-14(17)7-8-16(13)21/h2-6,9H,7-8,10H2,1H3,(H,20,22). The number of ketones is 1. The summed E-state index contributed by atoms with van der Waals surface area (Å²) in [6.07, 6.45) is 1.11. The molecule has 0 saturated heterocycles.